The van der Waals surface area contributed by atoms with E-state index in [1.54, 1.807) is 24.3 Å². The van der Waals surface area contributed by atoms with Gasteiger partial charge in [0.25, 0.3) is 5.91 Å². The average molecular weight is 350 g/mol. The topological polar surface area (TPSA) is 66.5 Å². The Morgan fingerprint density at radius 1 is 0.962 bits per heavy atom. The van der Waals surface area contributed by atoms with E-state index in [-0.39, 0.29) is 36.0 Å². The number of anilines is 2. The van der Waals surface area contributed by atoms with Crippen LogP contribution in [-0.4, -0.2) is 17.7 Å². The first kappa shape index (κ1) is 17.9. The van der Waals surface area contributed by atoms with Gasteiger partial charge in [0, 0.05) is 24.1 Å². The molecule has 5 heteroatoms. The Morgan fingerprint density at radius 2 is 1.62 bits per heavy atom. The Kier molecular flexibility index (Phi) is 4.64. The maximum atomic E-state index is 12.7. The van der Waals surface area contributed by atoms with Crippen molar-refractivity contribution in [1.29, 1.82) is 0 Å². The lowest BCUT2D eigenvalue weighted by Gasteiger charge is -2.23. The first-order valence-corrected chi connectivity index (χ1v) is 8.64. The van der Waals surface area contributed by atoms with Gasteiger partial charge >= 0.3 is 0 Å². The summed E-state index contributed by atoms with van der Waals surface area (Å²) in [4.78, 5) is 37.7. The lowest BCUT2D eigenvalue weighted by atomic mass is 9.86. The molecule has 0 radical (unpaired) electrons. The van der Waals surface area contributed by atoms with E-state index in [1.165, 1.54) is 0 Å². The number of amides is 3. The van der Waals surface area contributed by atoms with Crippen LogP contribution in [-0.2, 0) is 15.0 Å². The molecule has 2 aromatic rings. The van der Waals surface area contributed by atoms with Crippen LogP contribution >= 0.6 is 0 Å². The molecule has 5 nitrogen and oxygen atoms in total. The summed E-state index contributed by atoms with van der Waals surface area (Å²) < 4.78 is 0. The van der Waals surface area contributed by atoms with Gasteiger partial charge in [0.15, 0.2) is 0 Å². The number of imide groups is 1. The van der Waals surface area contributed by atoms with Crippen LogP contribution in [0.1, 0.15) is 49.5 Å². The van der Waals surface area contributed by atoms with E-state index >= 15 is 0 Å². The minimum absolute atomic E-state index is 0.111. The molecule has 0 aliphatic carbocycles. The van der Waals surface area contributed by atoms with Gasteiger partial charge in [-0.05, 0) is 35.2 Å². The van der Waals surface area contributed by atoms with Crippen molar-refractivity contribution in [2.45, 2.75) is 39.0 Å². The smallest absolute Gasteiger partial charge is 0.255 e. The van der Waals surface area contributed by atoms with Crippen molar-refractivity contribution in [3.63, 3.8) is 0 Å². The SMILES string of the molecule is CC(C)(C)c1ccccc1NC(=O)c1cccc(N2C(=O)CCC2=O)c1. The quantitative estimate of drug-likeness (QED) is 0.854. The Morgan fingerprint density at radius 3 is 2.27 bits per heavy atom. The summed E-state index contributed by atoms with van der Waals surface area (Å²) in [5, 5.41) is 2.95. The zero-order chi connectivity index (χ0) is 18.9. The van der Waals surface area contributed by atoms with Crippen molar-refractivity contribution in [3.05, 3.63) is 59.7 Å². The van der Waals surface area contributed by atoms with E-state index in [0.717, 1.165) is 16.2 Å². The Balaban J connectivity index is 1.87. The highest BCUT2D eigenvalue weighted by molar-refractivity contribution is 6.20. The van der Waals surface area contributed by atoms with Crippen molar-refractivity contribution in [2.24, 2.45) is 0 Å². The van der Waals surface area contributed by atoms with Gasteiger partial charge in [-0.15, -0.1) is 0 Å². The Bertz CT molecular complexity index is 865. The first-order valence-electron chi connectivity index (χ1n) is 8.64. The second-order valence-corrected chi connectivity index (χ2v) is 7.42. The van der Waals surface area contributed by atoms with Crippen molar-refractivity contribution in [2.75, 3.05) is 10.2 Å². The number of carbonyl (C=O) groups excluding carboxylic acids is 3. The van der Waals surface area contributed by atoms with Crippen LogP contribution in [0.15, 0.2) is 48.5 Å². The lowest BCUT2D eigenvalue weighted by molar-refractivity contribution is -0.121. The monoisotopic (exact) mass is 350 g/mol. The van der Waals surface area contributed by atoms with E-state index in [4.69, 9.17) is 0 Å². The fourth-order valence-corrected chi connectivity index (χ4v) is 3.09. The fourth-order valence-electron chi connectivity index (χ4n) is 3.09. The molecule has 0 aromatic heterocycles. The standard InChI is InChI=1S/C21H22N2O3/c1-21(2,3)16-9-4-5-10-17(16)22-20(26)14-7-6-8-15(13-14)23-18(24)11-12-19(23)25/h4-10,13H,11-12H2,1-3H3,(H,22,26). The number of benzene rings is 2. The first-order chi connectivity index (χ1) is 12.3. The number of nitrogens with zero attached hydrogens (tertiary/aromatic N) is 1. The van der Waals surface area contributed by atoms with E-state index in [2.05, 4.69) is 26.1 Å². The molecule has 1 N–H and O–H groups in total. The lowest BCUT2D eigenvalue weighted by Crippen LogP contribution is -2.28. The van der Waals surface area contributed by atoms with Gasteiger partial charge < -0.3 is 5.32 Å². The summed E-state index contributed by atoms with van der Waals surface area (Å²) in [5.74, 6) is -0.737. The van der Waals surface area contributed by atoms with Crippen LogP contribution in [0.5, 0.6) is 0 Å². The van der Waals surface area contributed by atoms with Crippen LogP contribution in [0.4, 0.5) is 11.4 Å². The van der Waals surface area contributed by atoms with Crippen LogP contribution in [0, 0.1) is 0 Å². The second-order valence-electron chi connectivity index (χ2n) is 7.42. The third-order valence-corrected chi connectivity index (χ3v) is 4.40. The molecule has 1 heterocycles. The highest BCUT2D eigenvalue weighted by atomic mass is 16.2. The summed E-state index contributed by atoms with van der Waals surface area (Å²) in [6.07, 6.45) is 0.433. The minimum Gasteiger partial charge on any atom is -0.322 e. The Hall–Kier alpha value is -2.95. The predicted octanol–water partition coefficient (Wildman–Crippen LogP) is 3.89. The van der Waals surface area contributed by atoms with Gasteiger partial charge in [-0.3, -0.25) is 19.3 Å². The van der Waals surface area contributed by atoms with Gasteiger partial charge in [-0.25, -0.2) is 0 Å². The molecule has 3 rings (SSSR count). The molecule has 0 saturated carbocycles. The summed E-state index contributed by atoms with van der Waals surface area (Å²) in [7, 11) is 0. The zero-order valence-electron chi connectivity index (χ0n) is 15.2. The largest absolute Gasteiger partial charge is 0.322 e. The van der Waals surface area contributed by atoms with Crippen LogP contribution in [0.25, 0.3) is 0 Å². The van der Waals surface area contributed by atoms with Gasteiger partial charge in [-0.2, -0.15) is 0 Å². The molecule has 1 aliphatic rings. The number of rotatable bonds is 3. The van der Waals surface area contributed by atoms with Crippen molar-refractivity contribution >= 4 is 29.1 Å². The van der Waals surface area contributed by atoms with E-state index in [0.29, 0.717) is 11.3 Å². The molecule has 0 atom stereocenters. The number of hydrogen-bond donors (Lipinski definition) is 1. The summed E-state index contributed by atoms with van der Waals surface area (Å²) in [6.45, 7) is 6.26. The summed E-state index contributed by atoms with van der Waals surface area (Å²) in [6, 6.07) is 14.3. The zero-order valence-corrected chi connectivity index (χ0v) is 15.2. The van der Waals surface area contributed by atoms with E-state index in [9.17, 15) is 14.4 Å². The van der Waals surface area contributed by atoms with Gasteiger partial charge in [0.2, 0.25) is 11.8 Å². The van der Waals surface area contributed by atoms with Crippen molar-refractivity contribution < 1.29 is 14.4 Å². The molecule has 1 fully saturated rings. The summed E-state index contributed by atoms with van der Waals surface area (Å²) >= 11 is 0. The molecular formula is C21H22N2O3. The van der Waals surface area contributed by atoms with Crippen LogP contribution < -0.4 is 10.2 Å². The molecule has 3 amide bonds. The number of nitrogens with one attached hydrogen (secondary N) is 1. The second kappa shape index (κ2) is 6.75. The third-order valence-electron chi connectivity index (χ3n) is 4.40. The van der Waals surface area contributed by atoms with Gasteiger partial charge in [-0.1, -0.05) is 45.0 Å². The number of hydrogen-bond acceptors (Lipinski definition) is 3. The average Bonchev–Trinajstić information content (AvgIpc) is 2.93. The van der Waals surface area contributed by atoms with Crippen LogP contribution in [0.2, 0.25) is 0 Å². The molecule has 0 bridgehead atoms. The van der Waals surface area contributed by atoms with Crippen LogP contribution in [0.3, 0.4) is 0 Å². The molecule has 1 saturated heterocycles. The maximum Gasteiger partial charge on any atom is 0.255 e. The van der Waals surface area contributed by atoms with Crippen molar-refractivity contribution in [3.8, 4) is 0 Å². The normalized spacial score (nSPS) is 14.7. The Labute approximate surface area is 153 Å². The number of carbonyl (C=O) groups is 3. The maximum absolute atomic E-state index is 12.7. The molecular weight excluding hydrogens is 328 g/mol. The molecule has 0 unspecified atom stereocenters. The number of para-hydroxylation sites is 1. The van der Waals surface area contributed by atoms with E-state index < -0.39 is 0 Å². The van der Waals surface area contributed by atoms with Crippen molar-refractivity contribution in [1.82, 2.24) is 0 Å². The van der Waals surface area contributed by atoms with E-state index in [1.807, 2.05) is 24.3 Å². The predicted molar refractivity (Wildman–Crippen MR) is 101 cm³/mol. The third kappa shape index (κ3) is 3.52. The highest BCUT2D eigenvalue weighted by Crippen LogP contribution is 2.30. The molecule has 26 heavy (non-hydrogen) atoms. The fraction of sp³-hybridized carbons (Fsp3) is 0.286. The van der Waals surface area contributed by atoms with Gasteiger partial charge in [0.1, 0.15) is 0 Å². The van der Waals surface area contributed by atoms with Gasteiger partial charge in [0.05, 0.1) is 5.69 Å². The molecule has 2 aromatic carbocycles. The molecule has 0 spiro atoms. The minimum atomic E-state index is -0.275. The molecule has 134 valence electrons. The summed E-state index contributed by atoms with van der Waals surface area (Å²) in [5.41, 5.74) is 2.52. The molecule has 1 aliphatic heterocycles. The highest BCUT2D eigenvalue weighted by Gasteiger charge is 2.30.